The lowest BCUT2D eigenvalue weighted by atomic mass is 9.89. The number of aliphatic hydroxyl groups excluding tert-OH is 1. The summed E-state index contributed by atoms with van der Waals surface area (Å²) >= 11 is 0. The maximum atomic E-state index is 10.1. The molecule has 0 aromatic rings. The van der Waals surface area contributed by atoms with Gasteiger partial charge in [-0.2, -0.15) is 0 Å². The first kappa shape index (κ1) is 11.4. The van der Waals surface area contributed by atoms with E-state index < -0.39 is 0 Å². The smallest absolute Gasteiger partial charge is 0.0695 e. The van der Waals surface area contributed by atoms with Crippen LogP contribution in [-0.4, -0.2) is 47.3 Å². The topological polar surface area (TPSA) is 35.5 Å². The Labute approximate surface area is 92.8 Å². The Morgan fingerprint density at radius 2 is 1.67 bits per heavy atom. The fourth-order valence-electron chi connectivity index (χ4n) is 3.24. The molecule has 2 N–H and O–H groups in total. The molecule has 1 saturated carbocycles. The molecule has 2 rings (SSSR count). The van der Waals surface area contributed by atoms with Gasteiger partial charge in [0.1, 0.15) is 0 Å². The highest BCUT2D eigenvalue weighted by molar-refractivity contribution is 4.92. The van der Waals surface area contributed by atoms with Gasteiger partial charge in [-0.3, -0.25) is 4.90 Å². The lowest BCUT2D eigenvalue weighted by Crippen LogP contribution is -2.61. The van der Waals surface area contributed by atoms with Crippen LogP contribution in [0, 0.1) is 0 Å². The minimum atomic E-state index is -0.0956. The minimum Gasteiger partial charge on any atom is -0.391 e. The second-order valence-electron chi connectivity index (χ2n) is 5.22. The molecule has 0 aromatic heterocycles. The maximum Gasteiger partial charge on any atom is 0.0695 e. The van der Waals surface area contributed by atoms with Crippen LogP contribution in [-0.2, 0) is 0 Å². The van der Waals surface area contributed by atoms with E-state index in [4.69, 9.17) is 0 Å². The van der Waals surface area contributed by atoms with Crippen molar-refractivity contribution >= 4 is 0 Å². The molecule has 3 nitrogen and oxygen atoms in total. The SMILES string of the molecule is CC1CNCC(C)N1C1CCCCC1O. The monoisotopic (exact) mass is 212 g/mol. The molecule has 0 spiro atoms. The molecule has 0 radical (unpaired) electrons. The average molecular weight is 212 g/mol. The third kappa shape index (κ3) is 2.35. The summed E-state index contributed by atoms with van der Waals surface area (Å²) in [4.78, 5) is 2.54. The third-order valence-corrected chi connectivity index (χ3v) is 3.97. The van der Waals surface area contributed by atoms with Crippen LogP contribution in [0.15, 0.2) is 0 Å². The van der Waals surface area contributed by atoms with E-state index in [0.717, 1.165) is 19.5 Å². The lowest BCUT2D eigenvalue weighted by molar-refractivity contribution is -0.0290. The molecule has 1 aliphatic heterocycles. The Morgan fingerprint density at radius 3 is 2.27 bits per heavy atom. The Bertz CT molecular complexity index is 200. The fourth-order valence-corrected chi connectivity index (χ4v) is 3.24. The Hall–Kier alpha value is -0.120. The Balaban J connectivity index is 2.05. The van der Waals surface area contributed by atoms with Crippen LogP contribution in [0.3, 0.4) is 0 Å². The van der Waals surface area contributed by atoms with E-state index >= 15 is 0 Å². The van der Waals surface area contributed by atoms with E-state index in [2.05, 4.69) is 24.1 Å². The van der Waals surface area contributed by atoms with E-state index in [-0.39, 0.29) is 6.10 Å². The zero-order valence-electron chi connectivity index (χ0n) is 9.95. The van der Waals surface area contributed by atoms with Crippen molar-refractivity contribution in [3.63, 3.8) is 0 Å². The molecule has 88 valence electrons. The Kier molecular flexibility index (Phi) is 3.65. The first-order valence-electron chi connectivity index (χ1n) is 6.36. The van der Waals surface area contributed by atoms with Gasteiger partial charge in [-0.05, 0) is 26.7 Å². The summed E-state index contributed by atoms with van der Waals surface area (Å²) in [6.45, 7) is 6.66. The second kappa shape index (κ2) is 4.81. The molecule has 0 amide bonds. The number of piperazine rings is 1. The summed E-state index contributed by atoms with van der Waals surface area (Å²) in [6.07, 6.45) is 4.56. The van der Waals surface area contributed by atoms with Crippen molar-refractivity contribution in [1.29, 1.82) is 0 Å². The van der Waals surface area contributed by atoms with Gasteiger partial charge in [-0.1, -0.05) is 12.8 Å². The van der Waals surface area contributed by atoms with Gasteiger partial charge < -0.3 is 10.4 Å². The van der Waals surface area contributed by atoms with Gasteiger partial charge in [0.05, 0.1) is 6.10 Å². The van der Waals surface area contributed by atoms with E-state index in [0.29, 0.717) is 18.1 Å². The quantitative estimate of drug-likeness (QED) is 0.680. The van der Waals surface area contributed by atoms with E-state index in [1.165, 1.54) is 19.3 Å². The van der Waals surface area contributed by atoms with Gasteiger partial charge in [-0.15, -0.1) is 0 Å². The largest absolute Gasteiger partial charge is 0.391 e. The summed E-state index contributed by atoms with van der Waals surface area (Å²) in [5, 5.41) is 13.5. The number of nitrogens with one attached hydrogen (secondary N) is 1. The summed E-state index contributed by atoms with van der Waals surface area (Å²) in [6, 6.07) is 1.53. The second-order valence-corrected chi connectivity index (χ2v) is 5.22. The highest BCUT2D eigenvalue weighted by atomic mass is 16.3. The molecule has 15 heavy (non-hydrogen) atoms. The molecule has 0 bridgehead atoms. The number of aliphatic hydroxyl groups is 1. The van der Waals surface area contributed by atoms with Crippen LogP contribution in [0.4, 0.5) is 0 Å². The van der Waals surface area contributed by atoms with Crippen molar-refractivity contribution in [2.24, 2.45) is 0 Å². The van der Waals surface area contributed by atoms with Crippen molar-refractivity contribution < 1.29 is 5.11 Å². The average Bonchev–Trinajstić information content (AvgIpc) is 2.20. The highest BCUT2D eigenvalue weighted by Gasteiger charge is 2.35. The van der Waals surface area contributed by atoms with Crippen LogP contribution in [0.2, 0.25) is 0 Å². The van der Waals surface area contributed by atoms with Crippen molar-refractivity contribution in [1.82, 2.24) is 10.2 Å². The van der Waals surface area contributed by atoms with Crippen molar-refractivity contribution in [2.75, 3.05) is 13.1 Å². The van der Waals surface area contributed by atoms with E-state index in [1.807, 2.05) is 0 Å². The van der Waals surface area contributed by atoms with Gasteiger partial charge in [0.25, 0.3) is 0 Å². The minimum absolute atomic E-state index is 0.0956. The molecular weight excluding hydrogens is 188 g/mol. The van der Waals surface area contributed by atoms with Gasteiger partial charge >= 0.3 is 0 Å². The fraction of sp³-hybridized carbons (Fsp3) is 1.00. The number of hydrogen-bond donors (Lipinski definition) is 2. The molecule has 0 aromatic carbocycles. The van der Waals surface area contributed by atoms with Crippen LogP contribution in [0.1, 0.15) is 39.5 Å². The standard InChI is InChI=1S/C12H24N2O/c1-9-7-13-8-10(2)14(9)11-5-3-4-6-12(11)15/h9-13,15H,3-8H2,1-2H3. The van der Waals surface area contributed by atoms with Gasteiger partial charge in [0.2, 0.25) is 0 Å². The summed E-state index contributed by atoms with van der Waals surface area (Å²) in [7, 11) is 0. The Morgan fingerprint density at radius 1 is 1.07 bits per heavy atom. The molecule has 4 unspecified atom stereocenters. The number of nitrogens with zero attached hydrogens (tertiary/aromatic N) is 1. The zero-order chi connectivity index (χ0) is 10.8. The predicted octanol–water partition coefficient (Wildman–Crippen LogP) is 0.972. The molecule has 3 heteroatoms. The zero-order valence-corrected chi connectivity index (χ0v) is 9.95. The summed E-state index contributed by atoms with van der Waals surface area (Å²) in [5.74, 6) is 0. The van der Waals surface area contributed by atoms with Crippen molar-refractivity contribution in [3.05, 3.63) is 0 Å². The van der Waals surface area contributed by atoms with Crippen LogP contribution >= 0.6 is 0 Å². The van der Waals surface area contributed by atoms with Gasteiger partial charge in [0, 0.05) is 31.2 Å². The molecule has 1 aliphatic carbocycles. The third-order valence-electron chi connectivity index (χ3n) is 3.97. The number of rotatable bonds is 1. The molecular formula is C12H24N2O. The van der Waals surface area contributed by atoms with Gasteiger partial charge in [0.15, 0.2) is 0 Å². The summed E-state index contributed by atoms with van der Waals surface area (Å²) in [5.41, 5.74) is 0. The molecule has 2 fully saturated rings. The first-order valence-corrected chi connectivity index (χ1v) is 6.36. The van der Waals surface area contributed by atoms with Crippen molar-refractivity contribution in [2.45, 2.75) is 63.8 Å². The number of hydrogen-bond acceptors (Lipinski definition) is 3. The highest BCUT2D eigenvalue weighted by Crippen LogP contribution is 2.27. The van der Waals surface area contributed by atoms with Crippen LogP contribution in [0.5, 0.6) is 0 Å². The lowest BCUT2D eigenvalue weighted by Gasteiger charge is -2.47. The van der Waals surface area contributed by atoms with E-state index in [1.54, 1.807) is 0 Å². The normalized spacial score (nSPS) is 44.2. The van der Waals surface area contributed by atoms with Crippen LogP contribution in [0.25, 0.3) is 0 Å². The van der Waals surface area contributed by atoms with Crippen LogP contribution < -0.4 is 5.32 Å². The van der Waals surface area contributed by atoms with Gasteiger partial charge in [-0.25, -0.2) is 0 Å². The first-order chi connectivity index (χ1) is 7.20. The van der Waals surface area contributed by atoms with Crippen molar-refractivity contribution in [3.8, 4) is 0 Å². The summed E-state index contributed by atoms with van der Waals surface area (Å²) < 4.78 is 0. The molecule has 4 atom stereocenters. The predicted molar refractivity (Wildman–Crippen MR) is 61.9 cm³/mol. The molecule has 1 saturated heterocycles. The molecule has 2 aliphatic rings. The maximum absolute atomic E-state index is 10.1. The van der Waals surface area contributed by atoms with E-state index in [9.17, 15) is 5.11 Å². The molecule has 1 heterocycles.